The van der Waals surface area contributed by atoms with E-state index in [0.29, 0.717) is 11.4 Å². The molecule has 0 aromatic heterocycles. The molecule has 2 amide bonds. The van der Waals surface area contributed by atoms with Crippen LogP contribution in [-0.4, -0.2) is 29.9 Å². The first-order valence-corrected chi connectivity index (χ1v) is 9.71. The van der Waals surface area contributed by atoms with Gasteiger partial charge in [-0.2, -0.15) is 0 Å². The van der Waals surface area contributed by atoms with E-state index in [0.717, 1.165) is 5.56 Å². The maximum atomic E-state index is 13.3. The molecule has 3 rings (SSSR count). The standard InChI is InChI=1S/C21H20Cl2N2O4/c1-21(2,3)29-18(27)11-25(20(28)19-14(22)5-4-6-15(19)23)13-7-8-16-12(9-13)10-17(26)24-16/h4-9H,10-11H2,1-3H3,(H,24,26). The summed E-state index contributed by atoms with van der Waals surface area (Å²) in [7, 11) is 0. The topological polar surface area (TPSA) is 75.7 Å². The Morgan fingerprint density at radius 1 is 1.14 bits per heavy atom. The highest BCUT2D eigenvalue weighted by Gasteiger charge is 2.28. The monoisotopic (exact) mass is 434 g/mol. The van der Waals surface area contributed by atoms with Gasteiger partial charge in [0.05, 0.1) is 22.0 Å². The van der Waals surface area contributed by atoms with Gasteiger partial charge in [-0.1, -0.05) is 29.3 Å². The quantitative estimate of drug-likeness (QED) is 0.719. The smallest absolute Gasteiger partial charge is 0.326 e. The number of esters is 1. The van der Waals surface area contributed by atoms with Crippen LogP contribution in [0.1, 0.15) is 36.7 Å². The first-order chi connectivity index (χ1) is 13.5. The van der Waals surface area contributed by atoms with E-state index in [4.69, 9.17) is 27.9 Å². The maximum Gasteiger partial charge on any atom is 0.326 e. The Bertz CT molecular complexity index is 978. The molecule has 2 aromatic rings. The summed E-state index contributed by atoms with van der Waals surface area (Å²) >= 11 is 12.4. The summed E-state index contributed by atoms with van der Waals surface area (Å²) in [5.74, 6) is -1.25. The molecule has 0 saturated carbocycles. The Morgan fingerprint density at radius 3 is 2.41 bits per heavy atom. The molecule has 1 heterocycles. The molecule has 0 bridgehead atoms. The lowest BCUT2D eigenvalue weighted by Crippen LogP contribution is -2.39. The summed E-state index contributed by atoms with van der Waals surface area (Å²) in [6, 6.07) is 9.78. The van der Waals surface area contributed by atoms with Gasteiger partial charge in [-0.05, 0) is 56.7 Å². The van der Waals surface area contributed by atoms with Crippen LogP contribution in [0, 0.1) is 0 Å². The molecule has 29 heavy (non-hydrogen) atoms. The second-order valence-corrected chi connectivity index (χ2v) is 8.46. The maximum absolute atomic E-state index is 13.3. The van der Waals surface area contributed by atoms with Crippen molar-refractivity contribution in [3.63, 3.8) is 0 Å². The Balaban J connectivity index is 2.00. The summed E-state index contributed by atoms with van der Waals surface area (Å²) in [6.45, 7) is 4.90. The molecule has 2 aromatic carbocycles. The lowest BCUT2D eigenvalue weighted by Gasteiger charge is -2.26. The van der Waals surface area contributed by atoms with Crippen molar-refractivity contribution in [3.8, 4) is 0 Å². The number of hydrogen-bond donors (Lipinski definition) is 1. The van der Waals surface area contributed by atoms with Crippen molar-refractivity contribution in [2.24, 2.45) is 0 Å². The van der Waals surface area contributed by atoms with Crippen molar-refractivity contribution in [3.05, 3.63) is 57.6 Å². The SMILES string of the molecule is CC(C)(C)OC(=O)CN(C(=O)c1c(Cl)cccc1Cl)c1ccc2c(c1)CC(=O)N2. The van der Waals surface area contributed by atoms with Gasteiger partial charge < -0.3 is 10.1 Å². The van der Waals surface area contributed by atoms with Crippen molar-refractivity contribution in [1.82, 2.24) is 0 Å². The summed E-state index contributed by atoms with van der Waals surface area (Å²) in [5, 5.41) is 3.09. The van der Waals surface area contributed by atoms with Gasteiger partial charge in [0, 0.05) is 11.4 Å². The fraction of sp³-hybridized carbons (Fsp3) is 0.286. The number of nitrogens with one attached hydrogen (secondary N) is 1. The highest BCUT2D eigenvalue weighted by atomic mass is 35.5. The van der Waals surface area contributed by atoms with E-state index >= 15 is 0 Å². The number of anilines is 2. The van der Waals surface area contributed by atoms with Crippen LogP contribution in [0.4, 0.5) is 11.4 Å². The molecule has 0 fully saturated rings. The molecule has 6 nitrogen and oxygen atoms in total. The molecule has 1 aliphatic rings. The number of amides is 2. The van der Waals surface area contributed by atoms with Crippen molar-refractivity contribution < 1.29 is 19.1 Å². The summed E-state index contributed by atoms with van der Waals surface area (Å²) in [4.78, 5) is 38.7. The predicted octanol–water partition coefficient (Wildman–Crippen LogP) is 4.48. The van der Waals surface area contributed by atoms with E-state index in [1.807, 2.05) is 0 Å². The molecule has 8 heteroatoms. The molecule has 0 spiro atoms. The van der Waals surface area contributed by atoms with Gasteiger partial charge in [0.15, 0.2) is 0 Å². The van der Waals surface area contributed by atoms with Crippen molar-refractivity contribution in [2.45, 2.75) is 32.8 Å². The van der Waals surface area contributed by atoms with E-state index < -0.39 is 17.5 Å². The number of carbonyl (C=O) groups is 3. The molecular formula is C21H20Cl2N2O4. The predicted molar refractivity (Wildman–Crippen MR) is 113 cm³/mol. The number of nitrogens with zero attached hydrogens (tertiary/aromatic N) is 1. The Labute approximate surface area is 178 Å². The number of rotatable bonds is 4. The molecule has 0 atom stereocenters. The third kappa shape index (κ3) is 4.89. The Morgan fingerprint density at radius 2 is 1.79 bits per heavy atom. The van der Waals surface area contributed by atoms with Gasteiger partial charge in [-0.3, -0.25) is 19.3 Å². The van der Waals surface area contributed by atoms with E-state index in [1.54, 1.807) is 57.2 Å². The molecule has 0 unspecified atom stereocenters. The molecular weight excluding hydrogens is 415 g/mol. The van der Waals surface area contributed by atoms with Crippen molar-refractivity contribution in [2.75, 3.05) is 16.8 Å². The van der Waals surface area contributed by atoms with E-state index in [2.05, 4.69) is 5.32 Å². The van der Waals surface area contributed by atoms with Gasteiger partial charge >= 0.3 is 5.97 Å². The van der Waals surface area contributed by atoms with Crippen LogP contribution in [0.3, 0.4) is 0 Å². The van der Waals surface area contributed by atoms with Crippen molar-refractivity contribution >= 4 is 52.4 Å². The van der Waals surface area contributed by atoms with Gasteiger partial charge in [-0.25, -0.2) is 0 Å². The summed E-state index contributed by atoms with van der Waals surface area (Å²) < 4.78 is 5.38. The van der Waals surface area contributed by atoms with Crippen LogP contribution in [0.2, 0.25) is 10.0 Å². The molecule has 0 radical (unpaired) electrons. The van der Waals surface area contributed by atoms with E-state index in [9.17, 15) is 14.4 Å². The van der Waals surface area contributed by atoms with Gasteiger partial charge in [0.25, 0.3) is 5.91 Å². The molecule has 152 valence electrons. The fourth-order valence-corrected chi connectivity index (χ4v) is 3.56. The van der Waals surface area contributed by atoms with E-state index in [1.165, 1.54) is 4.90 Å². The van der Waals surface area contributed by atoms with Crippen LogP contribution < -0.4 is 10.2 Å². The number of fused-ring (bicyclic) bond motifs is 1. The highest BCUT2D eigenvalue weighted by molar-refractivity contribution is 6.40. The summed E-state index contributed by atoms with van der Waals surface area (Å²) in [5.41, 5.74) is 1.24. The number of ether oxygens (including phenoxy) is 1. The second kappa shape index (κ2) is 8.05. The first kappa shape index (κ1) is 21.1. The largest absolute Gasteiger partial charge is 0.459 e. The Kier molecular flexibility index (Phi) is 5.87. The Hall–Kier alpha value is -2.57. The molecule has 1 aliphatic heterocycles. The van der Waals surface area contributed by atoms with Crippen LogP contribution in [0.25, 0.3) is 0 Å². The highest BCUT2D eigenvalue weighted by Crippen LogP contribution is 2.31. The lowest BCUT2D eigenvalue weighted by atomic mass is 10.1. The normalized spacial score (nSPS) is 12.9. The van der Waals surface area contributed by atoms with Crippen LogP contribution in [-0.2, 0) is 20.7 Å². The fourth-order valence-electron chi connectivity index (χ4n) is 3.00. The minimum absolute atomic E-state index is 0.0918. The second-order valence-electron chi connectivity index (χ2n) is 7.64. The van der Waals surface area contributed by atoms with Crippen molar-refractivity contribution in [1.29, 1.82) is 0 Å². The zero-order chi connectivity index (χ0) is 21.3. The zero-order valence-corrected chi connectivity index (χ0v) is 17.7. The third-order valence-corrected chi connectivity index (χ3v) is 4.78. The van der Waals surface area contributed by atoms with Crippen LogP contribution >= 0.6 is 23.2 Å². The molecule has 0 aliphatic carbocycles. The zero-order valence-electron chi connectivity index (χ0n) is 16.2. The minimum Gasteiger partial charge on any atom is -0.459 e. The number of carbonyl (C=O) groups excluding carboxylic acids is 3. The number of halogens is 2. The first-order valence-electron chi connectivity index (χ1n) is 8.95. The average molecular weight is 435 g/mol. The average Bonchev–Trinajstić information content (AvgIpc) is 2.97. The van der Waals surface area contributed by atoms with E-state index in [-0.39, 0.29) is 34.5 Å². The number of benzene rings is 2. The molecule has 1 N–H and O–H groups in total. The summed E-state index contributed by atoms with van der Waals surface area (Å²) in [6.07, 6.45) is 0.199. The molecule has 0 saturated heterocycles. The van der Waals surface area contributed by atoms with Gasteiger partial charge in [0.2, 0.25) is 5.91 Å². The lowest BCUT2D eigenvalue weighted by molar-refractivity contribution is -0.152. The van der Waals surface area contributed by atoms with Gasteiger partial charge in [0.1, 0.15) is 12.1 Å². The van der Waals surface area contributed by atoms with Crippen LogP contribution in [0.15, 0.2) is 36.4 Å². The minimum atomic E-state index is -0.706. The van der Waals surface area contributed by atoms with Gasteiger partial charge in [-0.15, -0.1) is 0 Å². The third-order valence-electron chi connectivity index (χ3n) is 4.15. The van der Waals surface area contributed by atoms with Crippen LogP contribution in [0.5, 0.6) is 0 Å². The number of hydrogen-bond acceptors (Lipinski definition) is 4.